The summed E-state index contributed by atoms with van der Waals surface area (Å²) >= 11 is 0. The van der Waals surface area contributed by atoms with E-state index in [2.05, 4.69) is 15.7 Å². The SMILES string of the molecule is CC(Cn1cccn1)NC(=O)NC1CCCCC1C(=O)O. The number of carbonyl (C=O) groups is 2. The number of carboxylic acid groups (broad SMARTS) is 1. The van der Waals surface area contributed by atoms with Gasteiger partial charge in [0.2, 0.25) is 0 Å². The summed E-state index contributed by atoms with van der Waals surface area (Å²) in [4.78, 5) is 23.2. The molecule has 1 fully saturated rings. The topological polar surface area (TPSA) is 96.3 Å². The Kier molecular flexibility index (Phi) is 5.19. The molecule has 3 atom stereocenters. The highest BCUT2D eigenvalue weighted by atomic mass is 16.4. The first-order valence-corrected chi connectivity index (χ1v) is 7.33. The molecule has 7 nitrogen and oxygen atoms in total. The Morgan fingerprint density at radius 3 is 2.86 bits per heavy atom. The van der Waals surface area contributed by atoms with E-state index in [4.69, 9.17) is 0 Å². The maximum absolute atomic E-state index is 12.0. The van der Waals surface area contributed by atoms with E-state index in [9.17, 15) is 14.7 Å². The van der Waals surface area contributed by atoms with E-state index in [1.807, 2.05) is 19.2 Å². The molecule has 0 radical (unpaired) electrons. The van der Waals surface area contributed by atoms with E-state index in [1.54, 1.807) is 10.9 Å². The van der Waals surface area contributed by atoms with Crippen LogP contribution in [0.15, 0.2) is 18.5 Å². The van der Waals surface area contributed by atoms with Gasteiger partial charge in [0.15, 0.2) is 0 Å². The minimum absolute atomic E-state index is 0.0863. The molecular weight excluding hydrogens is 272 g/mol. The highest BCUT2D eigenvalue weighted by molar-refractivity contribution is 5.77. The van der Waals surface area contributed by atoms with Crippen LogP contribution in [0.4, 0.5) is 4.79 Å². The van der Waals surface area contributed by atoms with Crippen molar-refractivity contribution in [2.24, 2.45) is 5.92 Å². The quantitative estimate of drug-likeness (QED) is 0.760. The molecule has 1 saturated carbocycles. The zero-order valence-electron chi connectivity index (χ0n) is 12.2. The number of nitrogens with one attached hydrogen (secondary N) is 2. The van der Waals surface area contributed by atoms with Crippen molar-refractivity contribution in [3.63, 3.8) is 0 Å². The van der Waals surface area contributed by atoms with Gasteiger partial charge in [-0.1, -0.05) is 12.8 Å². The number of carbonyl (C=O) groups excluding carboxylic acids is 1. The van der Waals surface area contributed by atoms with Crippen molar-refractivity contribution in [3.05, 3.63) is 18.5 Å². The number of urea groups is 1. The molecule has 2 amide bonds. The minimum Gasteiger partial charge on any atom is -0.481 e. The molecule has 2 rings (SSSR count). The van der Waals surface area contributed by atoms with Crippen LogP contribution >= 0.6 is 0 Å². The molecule has 0 saturated heterocycles. The third-order valence-electron chi connectivity index (χ3n) is 3.80. The van der Waals surface area contributed by atoms with Gasteiger partial charge in [0.25, 0.3) is 0 Å². The van der Waals surface area contributed by atoms with E-state index >= 15 is 0 Å². The standard InChI is InChI=1S/C14H22N4O3/c1-10(9-18-8-4-7-15-18)16-14(21)17-12-6-3-2-5-11(12)13(19)20/h4,7-8,10-12H,2-3,5-6,9H2,1H3,(H,19,20)(H2,16,17,21). The fourth-order valence-electron chi connectivity index (χ4n) is 2.77. The predicted octanol–water partition coefficient (Wildman–Crippen LogP) is 1.21. The van der Waals surface area contributed by atoms with Crippen molar-refractivity contribution in [3.8, 4) is 0 Å². The van der Waals surface area contributed by atoms with Crippen LogP contribution in [0.1, 0.15) is 32.6 Å². The van der Waals surface area contributed by atoms with Crippen LogP contribution in [0.5, 0.6) is 0 Å². The molecule has 3 unspecified atom stereocenters. The van der Waals surface area contributed by atoms with Crippen molar-refractivity contribution in [1.82, 2.24) is 20.4 Å². The first-order valence-electron chi connectivity index (χ1n) is 7.33. The third-order valence-corrected chi connectivity index (χ3v) is 3.80. The monoisotopic (exact) mass is 294 g/mol. The summed E-state index contributed by atoms with van der Waals surface area (Å²) in [6.45, 7) is 2.46. The molecule has 3 N–H and O–H groups in total. The highest BCUT2D eigenvalue weighted by Gasteiger charge is 2.31. The second kappa shape index (κ2) is 7.10. The molecular formula is C14H22N4O3. The lowest BCUT2D eigenvalue weighted by Gasteiger charge is -2.29. The van der Waals surface area contributed by atoms with Crippen LogP contribution in [0, 0.1) is 5.92 Å². The van der Waals surface area contributed by atoms with Gasteiger partial charge >= 0.3 is 12.0 Å². The maximum atomic E-state index is 12.0. The number of carboxylic acids is 1. The molecule has 0 aromatic carbocycles. The van der Waals surface area contributed by atoms with Gasteiger partial charge in [-0.15, -0.1) is 0 Å². The van der Waals surface area contributed by atoms with Gasteiger partial charge in [0, 0.05) is 24.5 Å². The van der Waals surface area contributed by atoms with Crippen LogP contribution < -0.4 is 10.6 Å². The van der Waals surface area contributed by atoms with Crippen LogP contribution in [0.25, 0.3) is 0 Å². The predicted molar refractivity (Wildman–Crippen MR) is 76.7 cm³/mol. The second-order valence-corrected chi connectivity index (χ2v) is 5.58. The van der Waals surface area contributed by atoms with Crippen LogP contribution in [0.2, 0.25) is 0 Å². The van der Waals surface area contributed by atoms with E-state index < -0.39 is 11.9 Å². The largest absolute Gasteiger partial charge is 0.481 e. The minimum atomic E-state index is -0.829. The molecule has 1 heterocycles. The number of hydrogen-bond acceptors (Lipinski definition) is 3. The summed E-state index contributed by atoms with van der Waals surface area (Å²) in [5, 5.41) is 18.9. The van der Waals surface area contributed by atoms with Crippen LogP contribution in [-0.2, 0) is 11.3 Å². The van der Waals surface area contributed by atoms with Gasteiger partial charge in [-0.2, -0.15) is 5.10 Å². The summed E-state index contributed by atoms with van der Waals surface area (Å²) in [5.41, 5.74) is 0. The number of aromatic nitrogens is 2. The molecule has 1 aromatic rings. The number of amides is 2. The number of nitrogens with zero attached hydrogens (tertiary/aromatic N) is 2. The number of aliphatic carboxylic acids is 1. The Hall–Kier alpha value is -2.05. The first kappa shape index (κ1) is 15.3. The molecule has 0 aliphatic heterocycles. The third kappa shape index (κ3) is 4.47. The summed E-state index contributed by atoms with van der Waals surface area (Å²) < 4.78 is 1.74. The maximum Gasteiger partial charge on any atom is 0.315 e. The van der Waals surface area contributed by atoms with Crippen molar-refractivity contribution >= 4 is 12.0 Å². The fourth-order valence-corrected chi connectivity index (χ4v) is 2.77. The summed E-state index contributed by atoms with van der Waals surface area (Å²) in [5.74, 6) is -1.31. The van der Waals surface area contributed by atoms with Gasteiger partial charge < -0.3 is 15.7 Å². The van der Waals surface area contributed by atoms with Crippen LogP contribution in [0.3, 0.4) is 0 Å². The van der Waals surface area contributed by atoms with Crippen molar-refractivity contribution in [2.45, 2.75) is 51.2 Å². The smallest absolute Gasteiger partial charge is 0.315 e. The lowest BCUT2D eigenvalue weighted by molar-refractivity contribution is -0.143. The van der Waals surface area contributed by atoms with Gasteiger partial charge in [-0.3, -0.25) is 9.48 Å². The first-order chi connectivity index (χ1) is 10.1. The van der Waals surface area contributed by atoms with E-state index in [1.165, 1.54) is 0 Å². The van der Waals surface area contributed by atoms with Crippen molar-refractivity contribution in [2.75, 3.05) is 0 Å². The van der Waals surface area contributed by atoms with Crippen molar-refractivity contribution < 1.29 is 14.7 Å². The van der Waals surface area contributed by atoms with E-state index in [-0.39, 0.29) is 18.1 Å². The lowest BCUT2D eigenvalue weighted by Crippen LogP contribution is -2.51. The zero-order valence-corrected chi connectivity index (χ0v) is 12.2. The molecule has 1 aliphatic carbocycles. The molecule has 1 aromatic heterocycles. The Morgan fingerprint density at radius 2 is 2.19 bits per heavy atom. The second-order valence-electron chi connectivity index (χ2n) is 5.58. The Labute approximate surface area is 123 Å². The Morgan fingerprint density at radius 1 is 1.43 bits per heavy atom. The highest BCUT2D eigenvalue weighted by Crippen LogP contribution is 2.24. The average molecular weight is 294 g/mol. The van der Waals surface area contributed by atoms with E-state index in [0.29, 0.717) is 13.0 Å². The summed E-state index contributed by atoms with van der Waals surface area (Å²) in [7, 11) is 0. The summed E-state index contributed by atoms with van der Waals surface area (Å²) in [6.07, 6.45) is 6.73. The fraction of sp³-hybridized carbons (Fsp3) is 0.643. The van der Waals surface area contributed by atoms with Gasteiger partial charge in [-0.25, -0.2) is 4.79 Å². The van der Waals surface area contributed by atoms with Gasteiger partial charge in [0.05, 0.1) is 12.5 Å². The normalized spacial score (nSPS) is 23.3. The molecule has 0 spiro atoms. The molecule has 116 valence electrons. The Bertz CT molecular complexity index is 475. The lowest BCUT2D eigenvalue weighted by atomic mass is 9.84. The molecule has 7 heteroatoms. The van der Waals surface area contributed by atoms with E-state index in [0.717, 1.165) is 19.3 Å². The number of rotatable bonds is 5. The molecule has 0 bridgehead atoms. The Balaban J connectivity index is 1.81. The average Bonchev–Trinajstić information content (AvgIpc) is 2.91. The number of hydrogen-bond donors (Lipinski definition) is 3. The van der Waals surface area contributed by atoms with Crippen LogP contribution in [-0.4, -0.2) is 39.0 Å². The zero-order chi connectivity index (χ0) is 15.2. The van der Waals surface area contributed by atoms with Gasteiger partial charge in [0.1, 0.15) is 0 Å². The van der Waals surface area contributed by atoms with Gasteiger partial charge in [-0.05, 0) is 25.8 Å². The summed E-state index contributed by atoms with van der Waals surface area (Å²) in [6, 6.07) is 1.14. The molecule has 21 heavy (non-hydrogen) atoms. The molecule has 1 aliphatic rings. The van der Waals surface area contributed by atoms with Crippen molar-refractivity contribution in [1.29, 1.82) is 0 Å².